The van der Waals surface area contributed by atoms with Crippen molar-refractivity contribution < 1.29 is 19.4 Å². The zero-order chi connectivity index (χ0) is 26.3. The van der Waals surface area contributed by atoms with E-state index in [9.17, 15) is 9.59 Å². The average molecular weight is 508 g/mol. The molecule has 0 fully saturated rings. The van der Waals surface area contributed by atoms with Gasteiger partial charge in [-0.05, 0) is 90.6 Å². The van der Waals surface area contributed by atoms with E-state index in [4.69, 9.17) is 9.84 Å². The van der Waals surface area contributed by atoms with Crippen molar-refractivity contribution in [1.82, 2.24) is 5.32 Å². The molecule has 1 aromatic heterocycles. The van der Waals surface area contributed by atoms with Crippen molar-refractivity contribution in [2.24, 2.45) is 0 Å². The highest BCUT2D eigenvalue weighted by molar-refractivity contribution is 7.14. The Hall–Kier alpha value is -3.12. The molecule has 1 amide bonds. The number of carbonyl (C=O) groups is 2. The first-order chi connectivity index (χ1) is 17.0. The molecule has 2 N–H and O–H groups in total. The summed E-state index contributed by atoms with van der Waals surface area (Å²) in [7, 11) is 0. The van der Waals surface area contributed by atoms with Crippen LogP contribution in [0.1, 0.15) is 71.3 Å². The molecule has 2 aromatic carbocycles. The van der Waals surface area contributed by atoms with Crippen molar-refractivity contribution >= 4 is 23.2 Å². The molecule has 3 aromatic rings. The van der Waals surface area contributed by atoms with Crippen molar-refractivity contribution in [1.29, 1.82) is 0 Å². The smallest absolute Gasteiger partial charge is 0.305 e. The van der Waals surface area contributed by atoms with Gasteiger partial charge in [-0.2, -0.15) is 0 Å². The van der Waals surface area contributed by atoms with Crippen LogP contribution in [-0.4, -0.2) is 30.1 Å². The van der Waals surface area contributed by atoms with Crippen LogP contribution in [0.2, 0.25) is 0 Å². The van der Waals surface area contributed by atoms with Crippen LogP contribution in [0.15, 0.2) is 48.5 Å². The minimum absolute atomic E-state index is 0.0731. The fourth-order valence-electron chi connectivity index (χ4n) is 4.20. The fraction of sp³-hybridized carbons (Fsp3) is 0.400. The SMILES string of the molecule is Cc1cc(OCCCCc2ccc(C(=O)NCCC(=O)O)s2)cc(C)c1-c1ccc(C(C)(C)C)cc1. The first kappa shape index (κ1) is 27.5. The topological polar surface area (TPSA) is 75.6 Å². The van der Waals surface area contributed by atoms with Gasteiger partial charge in [0.1, 0.15) is 5.75 Å². The Bertz CT molecular complexity index is 1170. The van der Waals surface area contributed by atoms with E-state index in [1.54, 1.807) is 6.07 Å². The van der Waals surface area contributed by atoms with Crippen LogP contribution < -0.4 is 10.1 Å². The lowest BCUT2D eigenvalue weighted by Gasteiger charge is -2.20. The summed E-state index contributed by atoms with van der Waals surface area (Å²) < 4.78 is 6.06. The second-order valence-corrected chi connectivity index (χ2v) is 11.4. The van der Waals surface area contributed by atoms with Crippen LogP contribution in [0.25, 0.3) is 11.1 Å². The summed E-state index contributed by atoms with van der Waals surface area (Å²) in [4.78, 5) is 24.4. The summed E-state index contributed by atoms with van der Waals surface area (Å²) in [5, 5.41) is 11.3. The number of nitrogens with one attached hydrogen (secondary N) is 1. The van der Waals surface area contributed by atoms with E-state index >= 15 is 0 Å². The molecular weight excluding hydrogens is 470 g/mol. The van der Waals surface area contributed by atoms with Crippen molar-refractivity contribution in [3.05, 3.63) is 75.0 Å². The maximum absolute atomic E-state index is 12.1. The highest BCUT2D eigenvalue weighted by Gasteiger charge is 2.15. The Morgan fingerprint density at radius 1 is 0.972 bits per heavy atom. The molecule has 192 valence electrons. The van der Waals surface area contributed by atoms with Crippen molar-refractivity contribution in [2.75, 3.05) is 13.2 Å². The van der Waals surface area contributed by atoms with Gasteiger partial charge in [-0.25, -0.2) is 0 Å². The van der Waals surface area contributed by atoms with Gasteiger partial charge in [0.2, 0.25) is 0 Å². The molecule has 0 unspecified atom stereocenters. The number of aliphatic carboxylic acids is 1. The number of hydrogen-bond donors (Lipinski definition) is 2. The summed E-state index contributed by atoms with van der Waals surface area (Å²) in [5.41, 5.74) is 6.39. The van der Waals surface area contributed by atoms with E-state index in [0.717, 1.165) is 29.9 Å². The third kappa shape index (κ3) is 7.69. The molecule has 0 saturated heterocycles. The maximum Gasteiger partial charge on any atom is 0.305 e. The number of amides is 1. The molecule has 0 bridgehead atoms. The predicted molar refractivity (Wildman–Crippen MR) is 147 cm³/mol. The number of carboxylic acid groups (broad SMARTS) is 1. The zero-order valence-electron chi connectivity index (χ0n) is 21.9. The van der Waals surface area contributed by atoms with E-state index in [-0.39, 0.29) is 24.3 Å². The summed E-state index contributed by atoms with van der Waals surface area (Å²) in [6.07, 6.45) is 2.71. The molecule has 0 atom stereocenters. The van der Waals surface area contributed by atoms with Gasteiger partial charge >= 0.3 is 5.97 Å². The Kier molecular flexibility index (Phi) is 9.32. The van der Waals surface area contributed by atoms with Gasteiger partial charge in [-0.3, -0.25) is 9.59 Å². The highest BCUT2D eigenvalue weighted by atomic mass is 32.1. The Labute approximate surface area is 218 Å². The Morgan fingerprint density at radius 3 is 2.25 bits per heavy atom. The van der Waals surface area contributed by atoms with Crippen LogP contribution in [0.5, 0.6) is 5.75 Å². The molecule has 0 spiro atoms. The summed E-state index contributed by atoms with van der Waals surface area (Å²) >= 11 is 1.46. The van der Waals surface area contributed by atoms with Gasteiger partial charge < -0.3 is 15.2 Å². The molecule has 36 heavy (non-hydrogen) atoms. The van der Waals surface area contributed by atoms with Gasteiger partial charge in [0.05, 0.1) is 17.9 Å². The predicted octanol–water partition coefficient (Wildman–Crippen LogP) is 6.94. The van der Waals surface area contributed by atoms with E-state index in [0.29, 0.717) is 11.5 Å². The number of carboxylic acids is 1. The number of aryl methyl sites for hydroxylation is 3. The molecule has 0 aliphatic rings. The molecule has 0 saturated carbocycles. The second kappa shape index (κ2) is 12.2. The molecular formula is C30H37NO4S. The van der Waals surface area contributed by atoms with E-state index in [1.165, 1.54) is 39.2 Å². The number of ether oxygens (including phenoxy) is 1. The van der Waals surface area contributed by atoms with Crippen molar-refractivity contribution in [3.8, 4) is 16.9 Å². The zero-order valence-corrected chi connectivity index (χ0v) is 22.8. The Balaban J connectivity index is 1.47. The highest BCUT2D eigenvalue weighted by Crippen LogP contribution is 2.33. The van der Waals surface area contributed by atoms with Gasteiger partial charge in [-0.15, -0.1) is 11.3 Å². The molecule has 1 heterocycles. The van der Waals surface area contributed by atoms with Crippen LogP contribution in [0.4, 0.5) is 0 Å². The minimum atomic E-state index is -0.920. The number of carbonyl (C=O) groups excluding carboxylic acids is 1. The average Bonchev–Trinajstić information content (AvgIpc) is 3.27. The molecule has 6 heteroatoms. The largest absolute Gasteiger partial charge is 0.494 e. The van der Waals surface area contributed by atoms with E-state index < -0.39 is 5.97 Å². The van der Waals surface area contributed by atoms with Gasteiger partial charge in [0.15, 0.2) is 0 Å². The lowest BCUT2D eigenvalue weighted by atomic mass is 9.85. The quantitative estimate of drug-likeness (QED) is 0.276. The fourth-order valence-corrected chi connectivity index (χ4v) is 5.16. The first-order valence-electron chi connectivity index (χ1n) is 12.5. The number of hydrogen-bond acceptors (Lipinski definition) is 4. The second-order valence-electron chi connectivity index (χ2n) is 10.2. The van der Waals surface area contributed by atoms with Crippen LogP contribution >= 0.6 is 11.3 Å². The third-order valence-corrected chi connectivity index (χ3v) is 7.29. The molecule has 3 rings (SSSR count). The minimum Gasteiger partial charge on any atom is -0.494 e. The lowest BCUT2D eigenvalue weighted by molar-refractivity contribution is -0.136. The first-order valence-corrected chi connectivity index (χ1v) is 13.3. The number of benzene rings is 2. The maximum atomic E-state index is 12.1. The standard InChI is InChI=1S/C30H37NO4S/c1-20-18-24(19-21(2)28(20)22-9-11-23(12-10-22)30(3,4)5)35-17-7-6-8-25-13-14-26(36-25)29(34)31-16-15-27(32)33/h9-14,18-19H,6-8,15-17H2,1-5H3,(H,31,34)(H,32,33). The van der Waals surface area contributed by atoms with Gasteiger partial charge in [0.25, 0.3) is 5.91 Å². The van der Waals surface area contributed by atoms with Crippen LogP contribution in [0, 0.1) is 13.8 Å². The normalized spacial score (nSPS) is 11.4. The summed E-state index contributed by atoms with van der Waals surface area (Å²) in [6, 6.07) is 16.9. The third-order valence-electron chi connectivity index (χ3n) is 6.14. The van der Waals surface area contributed by atoms with Crippen molar-refractivity contribution in [3.63, 3.8) is 0 Å². The molecule has 5 nitrogen and oxygen atoms in total. The van der Waals surface area contributed by atoms with Crippen LogP contribution in [0.3, 0.4) is 0 Å². The lowest BCUT2D eigenvalue weighted by Crippen LogP contribution is -2.25. The number of rotatable bonds is 11. The number of unbranched alkanes of at least 4 members (excludes halogenated alkanes) is 1. The van der Waals surface area contributed by atoms with Gasteiger partial charge in [-0.1, -0.05) is 45.0 Å². The molecule has 0 aliphatic heterocycles. The summed E-state index contributed by atoms with van der Waals surface area (Å²) in [5.74, 6) is -0.233. The van der Waals surface area contributed by atoms with Crippen molar-refractivity contribution in [2.45, 2.75) is 65.7 Å². The monoisotopic (exact) mass is 507 g/mol. The summed E-state index contributed by atoms with van der Waals surface area (Å²) in [6.45, 7) is 11.8. The number of thiophene rings is 1. The van der Waals surface area contributed by atoms with E-state index in [2.05, 4.69) is 76.3 Å². The van der Waals surface area contributed by atoms with Gasteiger partial charge in [0, 0.05) is 11.4 Å². The molecule has 0 radical (unpaired) electrons. The van der Waals surface area contributed by atoms with Crippen LogP contribution in [-0.2, 0) is 16.6 Å². The Morgan fingerprint density at radius 2 is 1.64 bits per heavy atom. The van der Waals surface area contributed by atoms with E-state index in [1.807, 2.05) is 6.07 Å². The molecule has 0 aliphatic carbocycles.